The average molecular weight is 576 g/mol. The van der Waals surface area contributed by atoms with Crippen LogP contribution in [0.15, 0.2) is 48.5 Å². The molecule has 3 rings (SSSR count). The maximum atomic E-state index is 13.1. The number of hydrogen-bond acceptors (Lipinski definition) is 10. The van der Waals surface area contributed by atoms with Gasteiger partial charge in [-0.1, -0.05) is 0 Å². The zero-order valence-electron chi connectivity index (χ0n) is 18.9. The topological polar surface area (TPSA) is 197 Å². The monoisotopic (exact) mass is 576 g/mol. The largest absolute Gasteiger partial charge is 0.416 e. The van der Waals surface area contributed by atoms with Gasteiger partial charge in [-0.25, -0.2) is 0 Å². The van der Waals surface area contributed by atoms with Crippen molar-refractivity contribution in [3.8, 4) is 0 Å². The first kappa shape index (κ1) is 29.0. The smallest absolute Gasteiger partial charge is 0.344 e. The van der Waals surface area contributed by atoms with Crippen molar-refractivity contribution in [3.63, 3.8) is 0 Å². The summed E-state index contributed by atoms with van der Waals surface area (Å²) in [7, 11) is 0. The van der Waals surface area contributed by atoms with E-state index in [9.17, 15) is 66.8 Å². The third-order valence-corrected chi connectivity index (χ3v) is 5.06. The molecule has 210 valence electrons. The summed E-state index contributed by atoms with van der Waals surface area (Å²) in [6, 6.07) is 4.40. The standard InChI is InChI=1S/C20H10F6N6O8/c21-19(22,23)9-5-13(29(33)34)17(14(6-9)30(35)36)27-11-1-2-12(4-3-11)28-18-15(31(37)38)7-10(20(24,25)26)8-16(18)32(39)40/h1-8,27-28H. The average Bonchev–Trinajstić information content (AvgIpc) is 2.83. The maximum absolute atomic E-state index is 13.1. The first-order chi connectivity index (χ1) is 18.4. The molecule has 20 heteroatoms. The summed E-state index contributed by atoms with van der Waals surface area (Å²) >= 11 is 0. The molecule has 0 spiro atoms. The molecule has 0 aliphatic rings. The lowest BCUT2D eigenvalue weighted by atomic mass is 10.1. The highest BCUT2D eigenvalue weighted by Crippen LogP contribution is 2.44. The Hall–Kier alpha value is -5.56. The van der Waals surface area contributed by atoms with Crippen LogP contribution in [0.1, 0.15) is 11.1 Å². The number of nitro benzene ring substituents is 4. The second-order valence-electron chi connectivity index (χ2n) is 7.63. The van der Waals surface area contributed by atoms with Crippen LogP contribution in [-0.2, 0) is 12.4 Å². The van der Waals surface area contributed by atoms with Gasteiger partial charge in [0.05, 0.1) is 30.8 Å². The van der Waals surface area contributed by atoms with Gasteiger partial charge in [0, 0.05) is 35.6 Å². The lowest BCUT2D eigenvalue weighted by molar-refractivity contribution is -0.392. The Kier molecular flexibility index (Phi) is 7.47. The van der Waals surface area contributed by atoms with Crippen LogP contribution in [-0.4, -0.2) is 19.7 Å². The van der Waals surface area contributed by atoms with Crippen molar-refractivity contribution in [1.82, 2.24) is 0 Å². The molecule has 3 aromatic carbocycles. The number of alkyl halides is 6. The predicted octanol–water partition coefficient (Wildman–Crippen LogP) is 6.84. The zero-order chi connectivity index (χ0) is 30.2. The fourth-order valence-corrected chi connectivity index (χ4v) is 3.31. The van der Waals surface area contributed by atoms with E-state index < -0.39 is 77.3 Å². The predicted molar refractivity (Wildman–Crippen MR) is 123 cm³/mol. The van der Waals surface area contributed by atoms with Gasteiger partial charge in [0.15, 0.2) is 11.4 Å². The zero-order valence-corrected chi connectivity index (χ0v) is 18.9. The summed E-state index contributed by atoms with van der Waals surface area (Å²) in [6.45, 7) is 0. The van der Waals surface area contributed by atoms with E-state index in [2.05, 4.69) is 10.6 Å². The number of benzene rings is 3. The highest BCUT2D eigenvalue weighted by Gasteiger charge is 2.39. The third-order valence-electron chi connectivity index (χ3n) is 5.06. The van der Waals surface area contributed by atoms with Gasteiger partial charge in [-0.3, -0.25) is 40.5 Å². The fourth-order valence-electron chi connectivity index (χ4n) is 3.31. The van der Waals surface area contributed by atoms with Crippen LogP contribution in [0.5, 0.6) is 0 Å². The summed E-state index contributed by atoms with van der Waals surface area (Å²) in [4.78, 5) is 40.3. The van der Waals surface area contributed by atoms with Crippen molar-refractivity contribution >= 4 is 45.5 Å². The van der Waals surface area contributed by atoms with Gasteiger partial charge < -0.3 is 10.6 Å². The van der Waals surface area contributed by atoms with Crippen molar-refractivity contribution in [1.29, 1.82) is 0 Å². The molecular formula is C20H10F6N6O8. The molecule has 0 radical (unpaired) electrons. The van der Waals surface area contributed by atoms with Gasteiger partial charge in [0.25, 0.3) is 22.7 Å². The van der Waals surface area contributed by atoms with Gasteiger partial charge in [0.1, 0.15) is 0 Å². The van der Waals surface area contributed by atoms with Crippen LogP contribution < -0.4 is 10.6 Å². The molecule has 14 nitrogen and oxygen atoms in total. The van der Waals surface area contributed by atoms with Crippen molar-refractivity contribution in [2.45, 2.75) is 12.4 Å². The molecule has 40 heavy (non-hydrogen) atoms. The van der Waals surface area contributed by atoms with E-state index >= 15 is 0 Å². The summed E-state index contributed by atoms with van der Waals surface area (Å²) in [5, 5.41) is 49.9. The van der Waals surface area contributed by atoms with Gasteiger partial charge >= 0.3 is 12.4 Å². The second-order valence-corrected chi connectivity index (χ2v) is 7.63. The van der Waals surface area contributed by atoms with E-state index in [1.54, 1.807) is 0 Å². The minimum atomic E-state index is -5.15. The number of nitrogens with zero attached hydrogens (tertiary/aromatic N) is 4. The number of nitrogens with one attached hydrogen (secondary N) is 2. The molecule has 0 aromatic heterocycles. The Bertz CT molecular complexity index is 1360. The van der Waals surface area contributed by atoms with Crippen LogP contribution in [0.4, 0.5) is 71.8 Å². The minimum absolute atomic E-state index is 0.0775. The SMILES string of the molecule is O=[N+]([O-])c1cc(C(F)(F)F)cc([N+](=O)[O-])c1Nc1ccc(Nc2c([N+](=O)[O-])cc(C(F)(F)F)cc2[N+](=O)[O-])cc1. The molecule has 0 fully saturated rings. The second kappa shape index (κ2) is 10.3. The van der Waals surface area contributed by atoms with Crippen LogP contribution in [0.3, 0.4) is 0 Å². The van der Waals surface area contributed by atoms with Crippen molar-refractivity contribution in [2.75, 3.05) is 10.6 Å². The quantitative estimate of drug-likeness (QED) is 0.163. The van der Waals surface area contributed by atoms with Gasteiger partial charge in [0.2, 0.25) is 0 Å². The molecule has 0 heterocycles. The Labute approximate surface area is 215 Å². The molecule has 0 atom stereocenters. The number of nitro groups is 4. The molecule has 0 amide bonds. The van der Waals surface area contributed by atoms with E-state index in [0.29, 0.717) is 0 Å². The molecule has 0 saturated carbocycles. The number of halogens is 6. The lowest BCUT2D eigenvalue weighted by Gasteiger charge is -2.13. The Morgan fingerprint density at radius 1 is 0.500 bits per heavy atom. The Morgan fingerprint density at radius 3 is 0.900 bits per heavy atom. The summed E-state index contributed by atoms with van der Waals surface area (Å²) in [5.41, 5.74) is -10.7. The van der Waals surface area contributed by atoms with Crippen LogP contribution in [0, 0.1) is 40.5 Å². The first-order valence-corrected chi connectivity index (χ1v) is 10.1. The molecule has 0 saturated heterocycles. The Morgan fingerprint density at radius 2 is 0.725 bits per heavy atom. The maximum Gasteiger partial charge on any atom is 0.416 e. The van der Waals surface area contributed by atoms with E-state index in [4.69, 9.17) is 0 Å². The molecule has 0 unspecified atom stereocenters. The van der Waals surface area contributed by atoms with Crippen molar-refractivity contribution in [2.24, 2.45) is 0 Å². The van der Waals surface area contributed by atoms with E-state index in [0.717, 1.165) is 24.3 Å². The van der Waals surface area contributed by atoms with Crippen LogP contribution >= 0.6 is 0 Å². The highest BCUT2D eigenvalue weighted by atomic mass is 19.4. The summed E-state index contributed by atoms with van der Waals surface area (Å²) < 4.78 is 78.5. The van der Waals surface area contributed by atoms with E-state index in [1.807, 2.05) is 0 Å². The van der Waals surface area contributed by atoms with E-state index in [1.165, 1.54) is 0 Å². The van der Waals surface area contributed by atoms with Crippen LogP contribution in [0.2, 0.25) is 0 Å². The molecule has 0 bridgehead atoms. The van der Waals surface area contributed by atoms with Gasteiger partial charge in [-0.15, -0.1) is 0 Å². The minimum Gasteiger partial charge on any atom is -0.344 e. The Balaban J connectivity index is 2.04. The number of rotatable bonds is 8. The highest BCUT2D eigenvalue weighted by molar-refractivity contribution is 5.82. The molecule has 0 aliphatic heterocycles. The lowest BCUT2D eigenvalue weighted by Crippen LogP contribution is -2.09. The number of anilines is 4. The first-order valence-electron chi connectivity index (χ1n) is 10.1. The number of hydrogen-bond donors (Lipinski definition) is 2. The van der Waals surface area contributed by atoms with Crippen LogP contribution in [0.25, 0.3) is 0 Å². The van der Waals surface area contributed by atoms with E-state index in [-0.39, 0.29) is 35.6 Å². The molecular weight excluding hydrogens is 566 g/mol. The molecule has 2 N–H and O–H groups in total. The summed E-state index contributed by atoms with van der Waals surface area (Å²) in [5.74, 6) is 0. The van der Waals surface area contributed by atoms with Crippen molar-refractivity contribution in [3.05, 3.63) is 100 Å². The van der Waals surface area contributed by atoms with Gasteiger partial charge in [-0.05, 0) is 24.3 Å². The molecule has 3 aromatic rings. The summed E-state index contributed by atoms with van der Waals surface area (Å²) in [6.07, 6.45) is -10.3. The fraction of sp³-hybridized carbons (Fsp3) is 0.100. The normalized spacial score (nSPS) is 11.6. The molecule has 0 aliphatic carbocycles. The van der Waals surface area contributed by atoms with Gasteiger partial charge in [-0.2, -0.15) is 26.3 Å². The third kappa shape index (κ3) is 6.11. The van der Waals surface area contributed by atoms with Crippen molar-refractivity contribution < 1.29 is 46.0 Å².